The molecule has 0 aliphatic rings. The fraction of sp³-hybridized carbons (Fsp3) is 1.00. The number of rotatable bonds is 1. The molecule has 0 aliphatic carbocycles. The molecule has 8 heavy (non-hydrogen) atoms. The predicted octanol–water partition coefficient (Wildman–Crippen LogP) is 2.28. The highest BCUT2D eigenvalue weighted by molar-refractivity contribution is 9.09. The Morgan fingerprint density at radius 1 is 1.38 bits per heavy atom. The van der Waals surface area contributed by atoms with E-state index in [1.165, 1.54) is 0 Å². The minimum Gasteiger partial charge on any atom is -0.237 e. The van der Waals surface area contributed by atoms with Gasteiger partial charge in [-0.05, 0) is 0 Å². The number of halogens is 5. The van der Waals surface area contributed by atoms with Crippen LogP contribution < -0.4 is 0 Å². The summed E-state index contributed by atoms with van der Waals surface area (Å²) in [5, 5.41) is -0.684. The first kappa shape index (κ1) is 8.20. The first-order valence-corrected chi connectivity index (χ1v) is 2.87. The van der Waals surface area contributed by atoms with E-state index in [9.17, 15) is 17.6 Å². The maximum atomic E-state index is 11.5. The van der Waals surface area contributed by atoms with Crippen LogP contribution in [0.4, 0.5) is 17.6 Å². The molecule has 0 amide bonds. The Morgan fingerprint density at radius 3 is 1.75 bits per heavy atom. The first-order chi connectivity index (χ1) is 3.48. The molecular formula is C3H3BrF4. The summed E-state index contributed by atoms with van der Waals surface area (Å²) in [7, 11) is 0. The van der Waals surface area contributed by atoms with Gasteiger partial charge in [-0.15, -0.1) is 0 Å². The van der Waals surface area contributed by atoms with Gasteiger partial charge in [0, 0.05) is 5.33 Å². The Hall–Kier alpha value is 0.200. The molecule has 1 atom stereocenters. The van der Waals surface area contributed by atoms with Crippen molar-refractivity contribution in [1.29, 1.82) is 0 Å². The lowest BCUT2D eigenvalue weighted by molar-refractivity contribution is -0.173. The summed E-state index contributed by atoms with van der Waals surface area (Å²) in [4.78, 5) is 0. The van der Waals surface area contributed by atoms with Crippen molar-refractivity contribution < 1.29 is 17.6 Å². The molecular weight excluding hydrogens is 192 g/mol. The summed E-state index contributed by atoms with van der Waals surface area (Å²) < 4.78 is 44.6. The van der Waals surface area contributed by atoms with Crippen LogP contribution in [0.15, 0.2) is 0 Å². The third-order valence-corrected chi connectivity index (χ3v) is 1.06. The fourth-order valence-electron chi connectivity index (χ4n) is 0.0875. The van der Waals surface area contributed by atoms with Crippen LogP contribution in [0, 0.1) is 0 Å². The molecule has 5 heteroatoms. The van der Waals surface area contributed by atoms with Crippen molar-refractivity contribution >= 4 is 15.9 Å². The first-order valence-electron chi connectivity index (χ1n) is 1.75. The maximum absolute atomic E-state index is 11.5. The largest absolute Gasteiger partial charge is 0.420 e. The third-order valence-electron chi connectivity index (χ3n) is 0.491. The van der Waals surface area contributed by atoms with Crippen LogP contribution in [0.1, 0.15) is 0 Å². The molecule has 0 aliphatic heterocycles. The summed E-state index contributed by atoms with van der Waals surface area (Å²) >= 11 is 2.36. The third kappa shape index (κ3) is 2.49. The van der Waals surface area contributed by atoms with Gasteiger partial charge in [0.2, 0.25) is 6.17 Å². The summed E-state index contributed by atoms with van der Waals surface area (Å²) in [5.74, 6) is 0. The van der Waals surface area contributed by atoms with Gasteiger partial charge in [-0.3, -0.25) is 0 Å². The van der Waals surface area contributed by atoms with Crippen LogP contribution in [-0.2, 0) is 0 Å². The van der Waals surface area contributed by atoms with Gasteiger partial charge in [-0.2, -0.15) is 13.2 Å². The van der Waals surface area contributed by atoms with Gasteiger partial charge in [-0.25, -0.2) is 4.39 Å². The standard InChI is InChI=1S/C3H3BrF4/c4-1-2(5)3(6,7)8/h2H,1H2/t2-/m1/s1. The highest BCUT2D eigenvalue weighted by atomic mass is 79.9. The van der Waals surface area contributed by atoms with E-state index in [2.05, 4.69) is 15.9 Å². The second-order valence-electron chi connectivity index (χ2n) is 1.16. The Labute approximate surface area is 52.0 Å². The topological polar surface area (TPSA) is 0 Å². The zero-order valence-corrected chi connectivity index (χ0v) is 5.26. The predicted molar refractivity (Wildman–Crippen MR) is 24.7 cm³/mol. The Morgan fingerprint density at radius 2 is 1.75 bits per heavy atom. The van der Waals surface area contributed by atoms with E-state index in [1.807, 2.05) is 0 Å². The smallest absolute Gasteiger partial charge is 0.237 e. The van der Waals surface area contributed by atoms with Crippen LogP contribution in [0.25, 0.3) is 0 Å². The second kappa shape index (κ2) is 2.66. The van der Waals surface area contributed by atoms with Crippen LogP contribution >= 0.6 is 15.9 Å². The zero-order chi connectivity index (χ0) is 6.78. The normalized spacial score (nSPS) is 16.1. The molecule has 0 radical (unpaired) electrons. The molecule has 0 spiro atoms. The van der Waals surface area contributed by atoms with Gasteiger partial charge in [0.05, 0.1) is 0 Å². The average Bonchev–Trinajstić information content (AvgIpc) is 1.62. The van der Waals surface area contributed by atoms with Gasteiger partial charge in [-0.1, -0.05) is 15.9 Å². The lowest BCUT2D eigenvalue weighted by Gasteiger charge is -2.07. The van der Waals surface area contributed by atoms with E-state index in [1.54, 1.807) is 0 Å². The zero-order valence-electron chi connectivity index (χ0n) is 3.67. The van der Waals surface area contributed by atoms with Crippen LogP contribution in [-0.4, -0.2) is 17.7 Å². The maximum Gasteiger partial charge on any atom is 0.420 e. The molecule has 0 aromatic heterocycles. The van der Waals surface area contributed by atoms with Crippen molar-refractivity contribution in [2.45, 2.75) is 12.3 Å². The van der Waals surface area contributed by atoms with E-state index >= 15 is 0 Å². The molecule has 0 nitrogen and oxygen atoms in total. The quantitative estimate of drug-likeness (QED) is 0.444. The summed E-state index contributed by atoms with van der Waals surface area (Å²) in [6.07, 6.45) is -7.44. The van der Waals surface area contributed by atoms with Crippen molar-refractivity contribution in [2.24, 2.45) is 0 Å². The van der Waals surface area contributed by atoms with Crippen LogP contribution in [0.5, 0.6) is 0 Å². The minimum atomic E-state index is -4.70. The van der Waals surface area contributed by atoms with Crippen LogP contribution in [0.3, 0.4) is 0 Å². The van der Waals surface area contributed by atoms with E-state index < -0.39 is 17.7 Å². The van der Waals surface area contributed by atoms with E-state index in [-0.39, 0.29) is 0 Å². The van der Waals surface area contributed by atoms with Crippen molar-refractivity contribution in [2.75, 3.05) is 5.33 Å². The highest BCUT2D eigenvalue weighted by Crippen LogP contribution is 2.23. The lowest BCUT2D eigenvalue weighted by Crippen LogP contribution is -2.25. The van der Waals surface area contributed by atoms with Gasteiger partial charge in [0.25, 0.3) is 0 Å². The van der Waals surface area contributed by atoms with E-state index in [0.717, 1.165) is 0 Å². The van der Waals surface area contributed by atoms with E-state index in [4.69, 9.17) is 0 Å². The molecule has 0 fully saturated rings. The summed E-state index contributed by atoms with van der Waals surface area (Å²) in [6.45, 7) is 0. The van der Waals surface area contributed by atoms with Gasteiger partial charge in [0.15, 0.2) is 0 Å². The van der Waals surface area contributed by atoms with Crippen LogP contribution in [0.2, 0.25) is 0 Å². The van der Waals surface area contributed by atoms with Crippen molar-refractivity contribution in [1.82, 2.24) is 0 Å². The summed E-state index contributed by atoms with van der Waals surface area (Å²) in [6, 6.07) is 0. The molecule has 0 unspecified atom stereocenters. The highest BCUT2D eigenvalue weighted by Gasteiger charge is 2.38. The molecule has 0 saturated carbocycles. The van der Waals surface area contributed by atoms with Crippen molar-refractivity contribution in [3.05, 3.63) is 0 Å². The minimum absolute atomic E-state index is 0.684. The SMILES string of the molecule is F[C@H](CBr)C(F)(F)F. The molecule has 50 valence electrons. The number of alkyl halides is 5. The Balaban J connectivity index is 3.62. The monoisotopic (exact) mass is 194 g/mol. The molecule has 0 heterocycles. The van der Waals surface area contributed by atoms with E-state index in [0.29, 0.717) is 0 Å². The lowest BCUT2D eigenvalue weighted by atomic mass is 10.4. The number of hydrogen-bond donors (Lipinski definition) is 0. The second-order valence-corrected chi connectivity index (χ2v) is 1.81. The average molecular weight is 195 g/mol. The Bertz CT molecular complexity index is 68.2. The molecule has 0 rings (SSSR count). The molecule has 0 aromatic rings. The Kier molecular flexibility index (Phi) is 2.73. The molecule has 0 bridgehead atoms. The fourth-order valence-corrected chi connectivity index (χ4v) is 0.455. The van der Waals surface area contributed by atoms with Crippen molar-refractivity contribution in [3.8, 4) is 0 Å². The summed E-state index contributed by atoms with van der Waals surface area (Å²) in [5.41, 5.74) is 0. The van der Waals surface area contributed by atoms with Gasteiger partial charge >= 0.3 is 6.18 Å². The van der Waals surface area contributed by atoms with Gasteiger partial charge in [0.1, 0.15) is 0 Å². The van der Waals surface area contributed by atoms with Gasteiger partial charge < -0.3 is 0 Å². The molecule has 0 aromatic carbocycles. The number of hydrogen-bond acceptors (Lipinski definition) is 0. The molecule has 0 saturated heterocycles. The molecule has 0 N–H and O–H groups in total. The van der Waals surface area contributed by atoms with Crippen molar-refractivity contribution in [3.63, 3.8) is 0 Å².